The minimum absolute atomic E-state index is 0.393. The Morgan fingerprint density at radius 1 is 1.03 bits per heavy atom. The summed E-state index contributed by atoms with van der Waals surface area (Å²) in [4.78, 5) is 11.4. The van der Waals surface area contributed by atoms with Crippen LogP contribution in [-0.4, -0.2) is 55.4 Å². The Morgan fingerprint density at radius 2 is 1.77 bits per heavy atom. The maximum atomic E-state index is 6.17. The number of hydrogen-bond acceptors (Lipinski definition) is 8. The van der Waals surface area contributed by atoms with Crippen molar-refractivity contribution in [1.29, 1.82) is 0 Å². The van der Waals surface area contributed by atoms with E-state index in [4.69, 9.17) is 19.9 Å². The van der Waals surface area contributed by atoms with Gasteiger partial charge in [-0.2, -0.15) is 4.98 Å². The summed E-state index contributed by atoms with van der Waals surface area (Å²) >= 11 is 0. The van der Waals surface area contributed by atoms with Crippen molar-refractivity contribution in [2.75, 3.05) is 51.6 Å². The Balaban J connectivity index is 1.48. The predicted octanol–water partition coefficient (Wildman–Crippen LogP) is 2.67. The molecule has 1 fully saturated rings. The Hall–Kier alpha value is -3.10. The molecule has 8 nitrogen and oxygen atoms in total. The number of nitrogen functional groups attached to an aromatic ring is 1. The molecular formula is C22H27N5O3. The molecule has 2 heterocycles. The molecule has 1 saturated heterocycles. The Labute approximate surface area is 176 Å². The van der Waals surface area contributed by atoms with E-state index in [-0.39, 0.29) is 0 Å². The lowest BCUT2D eigenvalue weighted by atomic mass is 10.1. The van der Waals surface area contributed by atoms with Crippen LogP contribution in [0.4, 0.5) is 11.8 Å². The number of nitrogens with zero attached hydrogens (tertiary/aromatic N) is 3. The summed E-state index contributed by atoms with van der Waals surface area (Å²) in [5.74, 6) is 2.07. The summed E-state index contributed by atoms with van der Waals surface area (Å²) in [6, 6.07) is 12.1. The largest absolute Gasteiger partial charge is 0.493 e. The molecule has 1 aliphatic rings. The predicted molar refractivity (Wildman–Crippen MR) is 117 cm³/mol. The van der Waals surface area contributed by atoms with Gasteiger partial charge in [-0.1, -0.05) is 24.3 Å². The third kappa shape index (κ3) is 4.55. The molecule has 2 aromatic carbocycles. The van der Waals surface area contributed by atoms with Crippen LogP contribution in [0.2, 0.25) is 0 Å². The normalized spacial score (nSPS) is 14.6. The summed E-state index contributed by atoms with van der Waals surface area (Å²) in [7, 11) is 3.18. The number of aromatic nitrogens is 2. The number of hydrogen-bond donors (Lipinski definition) is 2. The van der Waals surface area contributed by atoms with E-state index in [0.29, 0.717) is 35.3 Å². The van der Waals surface area contributed by atoms with Crippen molar-refractivity contribution in [3.8, 4) is 11.5 Å². The van der Waals surface area contributed by atoms with Gasteiger partial charge in [0, 0.05) is 37.6 Å². The van der Waals surface area contributed by atoms with Gasteiger partial charge in [0.15, 0.2) is 11.5 Å². The maximum absolute atomic E-state index is 6.17. The Bertz CT molecular complexity index is 1020. The third-order valence-corrected chi connectivity index (χ3v) is 5.18. The molecule has 158 valence electrons. The third-order valence-electron chi connectivity index (χ3n) is 5.18. The minimum atomic E-state index is 0.393. The number of rotatable bonds is 7. The summed E-state index contributed by atoms with van der Waals surface area (Å²) in [6.07, 6.45) is 0. The fraction of sp³-hybridized carbons (Fsp3) is 0.364. The molecule has 1 aliphatic heterocycles. The van der Waals surface area contributed by atoms with E-state index < -0.39 is 0 Å². The number of ether oxygens (including phenoxy) is 3. The van der Waals surface area contributed by atoms with Crippen molar-refractivity contribution in [2.24, 2.45) is 0 Å². The molecule has 3 N–H and O–H groups in total. The number of fused-ring (bicyclic) bond motifs is 1. The van der Waals surface area contributed by atoms with Crippen LogP contribution in [0.1, 0.15) is 11.1 Å². The van der Waals surface area contributed by atoms with E-state index in [0.717, 1.165) is 43.8 Å². The van der Waals surface area contributed by atoms with E-state index in [1.165, 1.54) is 5.56 Å². The minimum Gasteiger partial charge on any atom is -0.493 e. The number of anilines is 2. The molecule has 0 atom stereocenters. The highest BCUT2D eigenvalue weighted by atomic mass is 16.5. The Morgan fingerprint density at radius 3 is 2.53 bits per heavy atom. The lowest BCUT2D eigenvalue weighted by Gasteiger charge is -2.26. The molecule has 0 saturated carbocycles. The molecular weight excluding hydrogens is 382 g/mol. The number of nitrogens with one attached hydrogen (secondary N) is 1. The maximum Gasteiger partial charge on any atom is 0.225 e. The zero-order valence-electron chi connectivity index (χ0n) is 17.4. The lowest BCUT2D eigenvalue weighted by molar-refractivity contribution is 0.0342. The van der Waals surface area contributed by atoms with E-state index >= 15 is 0 Å². The average molecular weight is 409 g/mol. The van der Waals surface area contributed by atoms with Crippen LogP contribution in [0.3, 0.4) is 0 Å². The first-order chi connectivity index (χ1) is 14.7. The van der Waals surface area contributed by atoms with Gasteiger partial charge in [-0.15, -0.1) is 0 Å². The van der Waals surface area contributed by atoms with Crippen LogP contribution in [0.5, 0.6) is 11.5 Å². The molecule has 4 rings (SSSR count). The molecule has 3 aromatic rings. The standard InChI is InChI=1S/C22H27N5O3/c1-28-19-11-17-18(12-20(19)29-2)25-22(26-21(17)23)24-13-15-4-3-5-16(10-15)14-27-6-8-30-9-7-27/h3-5,10-12H,6-9,13-14H2,1-2H3,(H3,23,24,25,26). The molecule has 0 radical (unpaired) electrons. The van der Waals surface area contributed by atoms with E-state index in [1.807, 2.05) is 0 Å². The van der Waals surface area contributed by atoms with Gasteiger partial charge in [-0.25, -0.2) is 4.98 Å². The van der Waals surface area contributed by atoms with Crippen molar-refractivity contribution in [3.63, 3.8) is 0 Å². The molecule has 0 unspecified atom stereocenters. The van der Waals surface area contributed by atoms with Crippen molar-refractivity contribution < 1.29 is 14.2 Å². The summed E-state index contributed by atoms with van der Waals surface area (Å²) in [5.41, 5.74) is 9.31. The second-order valence-corrected chi connectivity index (χ2v) is 7.22. The van der Waals surface area contributed by atoms with Gasteiger partial charge in [-0.05, 0) is 17.2 Å². The highest BCUT2D eigenvalue weighted by Gasteiger charge is 2.13. The van der Waals surface area contributed by atoms with Crippen LogP contribution in [0.25, 0.3) is 10.9 Å². The average Bonchev–Trinajstić information content (AvgIpc) is 2.78. The zero-order valence-corrected chi connectivity index (χ0v) is 17.4. The lowest BCUT2D eigenvalue weighted by Crippen LogP contribution is -2.35. The fourth-order valence-electron chi connectivity index (χ4n) is 3.59. The molecule has 0 bridgehead atoms. The highest BCUT2D eigenvalue weighted by molar-refractivity contribution is 5.91. The van der Waals surface area contributed by atoms with Gasteiger partial charge in [0.05, 0.1) is 33.0 Å². The van der Waals surface area contributed by atoms with E-state index in [9.17, 15) is 0 Å². The van der Waals surface area contributed by atoms with Crippen LogP contribution >= 0.6 is 0 Å². The molecule has 0 spiro atoms. The van der Waals surface area contributed by atoms with E-state index in [2.05, 4.69) is 44.5 Å². The molecule has 30 heavy (non-hydrogen) atoms. The van der Waals surface area contributed by atoms with Crippen molar-refractivity contribution in [3.05, 3.63) is 47.5 Å². The van der Waals surface area contributed by atoms with Crippen LogP contribution in [0.15, 0.2) is 36.4 Å². The monoisotopic (exact) mass is 409 g/mol. The number of benzene rings is 2. The zero-order chi connectivity index (χ0) is 20.9. The molecule has 8 heteroatoms. The van der Waals surface area contributed by atoms with Crippen molar-refractivity contribution in [2.45, 2.75) is 13.1 Å². The van der Waals surface area contributed by atoms with Crippen LogP contribution in [-0.2, 0) is 17.8 Å². The fourth-order valence-corrected chi connectivity index (χ4v) is 3.59. The number of nitrogens with two attached hydrogens (primary N) is 1. The summed E-state index contributed by atoms with van der Waals surface area (Å²) < 4.78 is 16.1. The van der Waals surface area contributed by atoms with Gasteiger partial charge in [0.2, 0.25) is 5.95 Å². The quantitative estimate of drug-likeness (QED) is 0.615. The van der Waals surface area contributed by atoms with E-state index in [1.54, 1.807) is 26.4 Å². The SMILES string of the molecule is COc1cc2nc(NCc3cccc(CN4CCOCC4)c3)nc(N)c2cc1OC. The Kier molecular flexibility index (Phi) is 6.15. The number of methoxy groups -OCH3 is 2. The van der Waals surface area contributed by atoms with Gasteiger partial charge in [0.1, 0.15) is 5.82 Å². The molecule has 1 aromatic heterocycles. The van der Waals surface area contributed by atoms with Crippen molar-refractivity contribution >= 4 is 22.7 Å². The smallest absolute Gasteiger partial charge is 0.225 e. The molecule has 0 aliphatic carbocycles. The van der Waals surface area contributed by atoms with Gasteiger partial charge in [-0.3, -0.25) is 4.90 Å². The van der Waals surface area contributed by atoms with Gasteiger partial charge >= 0.3 is 0 Å². The second kappa shape index (κ2) is 9.15. The summed E-state index contributed by atoms with van der Waals surface area (Å²) in [5, 5.41) is 4.01. The van der Waals surface area contributed by atoms with Gasteiger partial charge in [0.25, 0.3) is 0 Å². The highest BCUT2D eigenvalue weighted by Crippen LogP contribution is 2.33. The first-order valence-electron chi connectivity index (χ1n) is 9.97. The second-order valence-electron chi connectivity index (χ2n) is 7.22. The topological polar surface area (TPSA) is 94.8 Å². The molecule has 0 amide bonds. The first-order valence-corrected chi connectivity index (χ1v) is 9.97. The van der Waals surface area contributed by atoms with Crippen LogP contribution in [0, 0.1) is 0 Å². The van der Waals surface area contributed by atoms with Gasteiger partial charge < -0.3 is 25.3 Å². The summed E-state index contributed by atoms with van der Waals surface area (Å²) in [6.45, 7) is 5.09. The first kappa shape index (κ1) is 20.2. The van der Waals surface area contributed by atoms with Crippen molar-refractivity contribution in [1.82, 2.24) is 14.9 Å². The number of morpholine rings is 1. The van der Waals surface area contributed by atoms with Crippen LogP contribution < -0.4 is 20.5 Å².